The first-order valence-electron chi connectivity index (χ1n) is 5.01. The molecule has 0 unspecified atom stereocenters. The van der Waals surface area contributed by atoms with Crippen LogP contribution in [0.25, 0.3) is 0 Å². The first-order valence-corrected chi connectivity index (χ1v) is 5.80. The van der Waals surface area contributed by atoms with Crippen molar-refractivity contribution in [2.75, 3.05) is 36.9 Å². The smallest absolute Gasteiger partial charge is 0.143 e. The van der Waals surface area contributed by atoms with Gasteiger partial charge in [-0.1, -0.05) is 0 Å². The minimum atomic E-state index is 0.677. The van der Waals surface area contributed by atoms with Crippen molar-refractivity contribution in [3.05, 3.63) is 16.7 Å². The summed E-state index contributed by atoms with van der Waals surface area (Å²) in [6, 6.07) is 1.88. The van der Waals surface area contributed by atoms with Crippen LogP contribution in [0.1, 0.15) is 6.42 Å². The maximum absolute atomic E-state index is 5.65. The molecule has 1 aliphatic heterocycles. The van der Waals surface area contributed by atoms with Gasteiger partial charge in [0.2, 0.25) is 0 Å². The summed E-state index contributed by atoms with van der Waals surface area (Å²) < 4.78 is 6.35. The lowest BCUT2D eigenvalue weighted by atomic mass is 10.3. The molecule has 0 aliphatic carbocycles. The molecule has 1 fully saturated rings. The largest absolute Gasteiger partial charge is 0.397 e. The van der Waals surface area contributed by atoms with E-state index in [4.69, 9.17) is 10.5 Å². The number of hydrogen-bond donors (Lipinski definition) is 1. The summed E-state index contributed by atoms with van der Waals surface area (Å²) in [6.45, 7) is 3.46. The van der Waals surface area contributed by atoms with E-state index in [0.717, 1.165) is 43.0 Å². The standard InChI is InChI=1S/C10H14BrN3O/c11-9-6-8(12)7-13-10(9)14-2-1-4-15-5-3-14/h6-7H,1-5,12H2. The molecule has 4 nitrogen and oxygen atoms in total. The average molecular weight is 272 g/mol. The molecule has 0 aromatic carbocycles. The van der Waals surface area contributed by atoms with Crippen molar-refractivity contribution < 1.29 is 4.74 Å². The van der Waals surface area contributed by atoms with E-state index in [1.54, 1.807) is 6.20 Å². The Morgan fingerprint density at radius 3 is 3.07 bits per heavy atom. The summed E-state index contributed by atoms with van der Waals surface area (Å²) in [5.74, 6) is 0.953. The Morgan fingerprint density at radius 2 is 2.27 bits per heavy atom. The van der Waals surface area contributed by atoms with Gasteiger partial charge in [-0.05, 0) is 28.4 Å². The number of pyridine rings is 1. The van der Waals surface area contributed by atoms with Gasteiger partial charge in [0.25, 0.3) is 0 Å². The Bertz CT molecular complexity index is 337. The summed E-state index contributed by atoms with van der Waals surface area (Å²) >= 11 is 3.48. The fourth-order valence-corrected chi connectivity index (χ4v) is 2.25. The van der Waals surface area contributed by atoms with Crippen LogP contribution in [0.5, 0.6) is 0 Å². The summed E-state index contributed by atoms with van der Waals surface area (Å²) in [5, 5.41) is 0. The Balaban J connectivity index is 2.19. The van der Waals surface area contributed by atoms with Crippen molar-refractivity contribution in [2.45, 2.75) is 6.42 Å². The molecule has 82 valence electrons. The van der Waals surface area contributed by atoms with Gasteiger partial charge in [0, 0.05) is 19.7 Å². The Labute approximate surface area is 97.6 Å². The number of nitrogens with two attached hydrogens (primary N) is 1. The summed E-state index contributed by atoms with van der Waals surface area (Å²) in [4.78, 5) is 6.56. The maximum atomic E-state index is 5.65. The molecule has 0 saturated carbocycles. The van der Waals surface area contributed by atoms with Crippen LogP contribution in [-0.4, -0.2) is 31.3 Å². The fraction of sp³-hybridized carbons (Fsp3) is 0.500. The third-order valence-electron chi connectivity index (χ3n) is 2.36. The highest BCUT2D eigenvalue weighted by Crippen LogP contribution is 2.25. The number of ether oxygens (including phenoxy) is 1. The number of hydrogen-bond acceptors (Lipinski definition) is 4. The van der Waals surface area contributed by atoms with E-state index in [0.29, 0.717) is 5.69 Å². The minimum absolute atomic E-state index is 0.677. The SMILES string of the molecule is Nc1cnc(N2CCCOCC2)c(Br)c1. The molecule has 1 saturated heterocycles. The van der Waals surface area contributed by atoms with Crippen molar-refractivity contribution in [3.8, 4) is 0 Å². The van der Waals surface area contributed by atoms with Crippen molar-refractivity contribution in [3.63, 3.8) is 0 Å². The van der Waals surface area contributed by atoms with Gasteiger partial charge in [-0.15, -0.1) is 0 Å². The zero-order valence-electron chi connectivity index (χ0n) is 8.45. The molecule has 15 heavy (non-hydrogen) atoms. The number of aromatic nitrogens is 1. The predicted octanol–water partition coefficient (Wildman–Crippen LogP) is 1.65. The fourth-order valence-electron chi connectivity index (χ4n) is 1.64. The van der Waals surface area contributed by atoms with Crippen molar-refractivity contribution >= 4 is 27.4 Å². The monoisotopic (exact) mass is 271 g/mol. The van der Waals surface area contributed by atoms with Crippen molar-refractivity contribution in [1.29, 1.82) is 0 Å². The zero-order valence-corrected chi connectivity index (χ0v) is 10.0. The van der Waals surface area contributed by atoms with Crippen LogP contribution >= 0.6 is 15.9 Å². The lowest BCUT2D eigenvalue weighted by Gasteiger charge is -2.21. The highest BCUT2D eigenvalue weighted by molar-refractivity contribution is 9.10. The first-order chi connectivity index (χ1) is 7.27. The number of nitrogen functional groups attached to an aromatic ring is 1. The molecular formula is C10H14BrN3O. The van der Waals surface area contributed by atoms with Gasteiger partial charge >= 0.3 is 0 Å². The van der Waals surface area contributed by atoms with Crippen LogP contribution in [0.15, 0.2) is 16.7 Å². The second-order valence-corrected chi connectivity index (χ2v) is 4.38. The van der Waals surface area contributed by atoms with Gasteiger partial charge in [-0.3, -0.25) is 0 Å². The van der Waals surface area contributed by atoms with Crippen LogP contribution in [0.3, 0.4) is 0 Å². The molecule has 2 N–H and O–H groups in total. The van der Waals surface area contributed by atoms with E-state index >= 15 is 0 Å². The molecule has 0 atom stereocenters. The Kier molecular flexibility index (Phi) is 3.43. The van der Waals surface area contributed by atoms with Crippen LogP contribution in [-0.2, 0) is 4.74 Å². The highest BCUT2D eigenvalue weighted by Gasteiger charge is 2.13. The molecule has 0 spiro atoms. The molecular weight excluding hydrogens is 258 g/mol. The van der Waals surface area contributed by atoms with Crippen LogP contribution in [0.2, 0.25) is 0 Å². The van der Waals surface area contributed by atoms with Crippen LogP contribution in [0, 0.1) is 0 Å². The van der Waals surface area contributed by atoms with Crippen molar-refractivity contribution in [2.24, 2.45) is 0 Å². The third-order valence-corrected chi connectivity index (χ3v) is 2.95. The molecule has 1 aromatic heterocycles. The molecule has 0 bridgehead atoms. The van der Waals surface area contributed by atoms with Gasteiger partial charge in [-0.2, -0.15) is 0 Å². The number of rotatable bonds is 1. The Morgan fingerprint density at radius 1 is 1.40 bits per heavy atom. The molecule has 2 rings (SSSR count). The quantitative estimate of drug-likeness (QED) is 0.844. The second-order valence-electron chi connectivity index (χ2n) is 3.53. The van der Waals surface area contributed by atoms with E-state index in [9.17, 15) is 0 Å². The highest BCUT2D eigenvalue weighted by atomic mass is 79.9. The van der Waals surface area contributed by atoms with E-state index in [2.05, 4.69) is 25.8 Å². The lowest BCUT2D eigenvalue weighted by molar-refractivity contribution is 0.152. The number of nitrogens with zero attached hydrogens (tertiary/aromatic N) is 2. The normalized spacial score (nSPS) is 17.5. The van der Waals surface area contributed by atoms with E-state index in [1.807, 2.05) is 6.07 Å². The summed E-state index contributed by atoms with van der Waals surface area (Å²) in [7, 11) is 0. The molecule has 1 aliphatic rings. The molecule has 0 radical (unpaired) electrons. The van der Waals surface area contributed by atoms with Crippen LogP contribution in [0.4, 0.5) is 11.5 Å². The maximum Gasteiger partial charge on any atom is 0.143 e. The molecule has 5 heteroatoms. The predicted molar refractivity (Wildman–Crippen MR) is 64.0 cm³/mol. The second kappa shape index (κ2) is 4.81. The van der Waals surface area contributed by atoms with E-state index in [1.165, 1.54) is 0 Å². The molecule has 2 heterocycles. The average Bonchev–Trinajstić information content (AvgIpc) is 2.46. The minimum Gasteiger partial charge on any atom is -0.397 e. The zero-order chi connectivity index (χ0) is 10.7. The van der Waals surface area contributed by atoms with Gasteiger partial charge in [0.1, 0.15) is 5.82 Å². The van der Waals surface area contributed by atoms with Gasteiger partial charge in [0.05, 0.1) is 23.0 Å². The van der Waals surface area contributed by atoms with E-state index in [-0.39, 0.29) is 0 Å². The molecule has 0 amide bonds. The lowest BCUT2D eigenvalue weighted by Crippen LogP contribution is -2.27. The summed E-state index contributed by atoms with van der Waals surface area (Å²) in [6.07, 6.45) is 2.73. The first kappa shape index (κ1) is 10.7. The topological polar surface area (TPSA) is 51.4 Å². The van der Waals surface area contributed by atoms with Gasteiger partial charge in [0.15, 0.2) is 0 Å². The molecule has 1 aromatic rings. The van der Waals surface area contributed by atoms with Gasteiger partial charge in [-0.25, -0.2) is 4.98 Å². The summed E-state index contributed by atoms with van der Waals surface area (Å²) in [5.41, 5.74) is 6.33. The Hall–Kier alpha value is -0.810. The van der Waals surface area contributed by atoms with E-state index < -0.39 is 0 Å². The van der Waals surface area contributed by atoms with Crippen molar-refractivity contribution in [1.82, 2.24) is 4.98 Å². The van der Waals surface area contributed by atoms with Crippen LogP contribution < -0.4 is 10.6 Å². The third kappa shape index (κ3) is 2.60. The number of halogens is 1. The van der Waals surface area contributed by atoms with Gasteiger partial charge < -0.3 is 15.4 Å². The number of anilines is 2.